The lowest BCUT2D eigenvalue weighted by Crippen LogP contribution is -2.19. The van der Waals surface area contributed by atoms with Gasteiger partial charge in [0.1, 0.15) is 5.75 Å². The molecule has 0 saturated carbocycles. The van der Waals surface area contributed by atoms with Crippen LogP contribution in [-0.4, -0.2) is 19.7 Å². The van der Waals surface area contributed by atoms with Gasteiger partial charge in [0.05, 0.1) is 6.61 Å². The van der Waals surface area contributed by atoms with E-state index < -0.39 is 0 Å². The predicted molar refractivity (Wildman–Crippen MR) is 74.4 cm³/mol. The fraction of sp³-hybridized carbons (Fsp3) is 0.467. The molecule has 0 aromatic heterocycles. The predicted octanol–water partition coefficient (Wildman–Crippen LogP) is 3.34. The molecule has 0 aliphatic carbocycles. The van der Waals surface area contributed by atoms with Gasteiger partial charge in [0.15, 0.2) is 0 Å². The lowest BCUT2D eigenvalue weighted by Gasteiger charge is -2.04. The van der Waals surface area contributed by atoms with Crippen LogP contribution in [0.4, 0.5) is 0 Å². The molecule has 0 amide bonds. The summed E-state index contributed by atoms with van der Waals surface area (Å²) in [7, 11) is 0. The third-order valence-corrected chi connectivity index (χ3v) is 2.32. The van der Waals surface area contributed by atoms with Crippen molar-refractivity contribution in [1.29, 1.82) is 0 Å². The summed E-state index contributed by atoms with van der Waals surface area (Å²) in [4.78, 5) is 0. The molecule has 0 aliphatic heterocycles. The van der Waals surface area contributed by atoms with E-state index in [1.807, 2.05) is 19.1 Å². The topological polar surface area (TPSA) is 21.3 Å². The molecule has 1 aromatic rings. The van der Waals surface area contributed by atoms with Gasteiger partial charge in [-0.25, -0.2) is 0 Å². The van der Waals surface area contributed by atoms with E-state index in [2.05, 4.69) is 43.4 Å². The Labute approximate surface area is 105 Å². The molecular formula is C15H23NO. The van der Waals surface area contributed by atoms with Gasteiger partial charge < -0.3 is 10.1 Å². The number of benzene rings is 1. The molecule has 0 radical (unpaired) electrons. The highest BCUT2D eigenvalue weighted by molar-refractivity contribution is 5.50. The van der Waals surface area contributed by atoms with Crippen molar-refractivity contribution in [3.63, 3.8) is 0 Å². The minimum atomic E-state index is 0.703. The van der Waals surface area contributed by atoms with Crippen LogP contribution in [0.25, 0.3) is 6.08 Å². The van der Waals surface area contributed by atoms with Gasteiger partial charge in [-0.1, -0.05) is 38.1 Å². The highest BCUT2D eigenvalue weighted by atomic mass is 16.5. The summed E-state index contributed by atoms with van der Waals surface area (Å²) in [5.74, 6) is 1.64. The van der Waals surface area contributed by atoms with E-state index in [0.717, 1.165) is 18.8 Å². The van der Waals surface area contributed by atoms with E-state index in [-0.39, 0.29) is 0 Å². The zero-order valence-corrected chi connectivity index (χ0v) is 11.1. The quantitative estimate of drug-likeness (QED) is 0.729. The molecule has 0 heterocycles. The molecule has 0 aliphatic rings. The van der Waals surface area contributed by atoms with Crippen LogP contribution in [0, 0.1) is 5.92 Å². The van der Waals surface area contributed by atoms with E-state index >= 15 is 0 Å². The molecule has 0 saturated heterocycles. The Morgan fingerprint density at radius 3 is 2.53 bits per heavy atom. The summed E-state index contributed by atoms with van der Waals surface area (Å²) >= 11 is 0. The maximum Gasteiger partial charge on any atom is 0.119 e. The van der Waals surface area contributed by atoms with E-state index in [0.29, 0.717) is 12.5 Å². The van der Waals surface area contributed by atoms with Crippen molar-refractivity contribution in [2.45, 2.75) is 20.8 Å². The second kappa shape index (κ2) is 7.91. The molecular weight excluding hydrogens is 210 g/mol. The highest BCUT2D eigenvalue weighted by Gasteiger charge is 1.92. The average Bonchev–Trinajstić information content (AvgIpc) is 2.31. The van der Waals surface area contributed by atoms with Crippen molar-refractivity contribution >= 4 is 6.08 Å². The number of nitrogens with one attached hydrogen (secondary N) is 1. The molecule has 0 bridgehead atoms. The van der Waals surface area contributed by atoms with Gasteiger partial charge in [-0.3, -0.25) is 0 Å². The van der Waals surface area contributed by atoms with Crippen LogP contribution in [0.1, 0.15) is 26.3 Å². The normalized spacial score (nSPS) is 11.3. The van der Waals surface area contributed by atoms with Crippen LogP contribution >= 0.6 is 0 Å². The molecule has 94 valence electrons. The first-order valence-corrected chi connectivity index (χ1v) is 6.32. The molecule has 1 N–H and O–H groups in total. The second-order valence-electron chi connectivity index (χ2n) is 4.46. The van der Waals surface area contributed by atoms with Gasteiger partial charge in [0, 0.05) is 6.54 Å². The maximum atomic E-state index is 5.39. The minimum absolute atomic E-state index is 0.703. The van der Waals surface area contributed by atoms with E-state index in [9.17, 15) is 0 Å². The molecule has 1 aromatic carbocycles. The summed E-state index contributed by atoms with van der Waals surface area (Å²) in [6.45, 7) is 9.12. The van der Waals surface area contributed by atoms with Crippen LogP contribution in [0.3, 0.4) is 0 Å². The van der Waals surface area contributed by atoms with Crippen LogP contribution in [0.15, 0.2) is 30.3 Å². The van der Waals surface area contributed by atoms with Crippen molar-refractivity contribution in [3.8, 4) is 5.75 Å². The Balaban J connectivity index is 2.33. The van der Waals surface area contributed by atoms with Crippen molar-refractivity contribution < 1.29 is 4.74 Å². The van der Waals surface area contributed by atoms with E-state index in [4.69, 9.17) is 4.74 Å². The average molecular weight is 233 g/mol. The lowest BCUT2D eigenvalue weighted by atomic mass is 10.2. The molecule has 1 rings (SSSR count). The first-order valence-electron chi connectivity index (χ1n) is 6.32. The van der Waals surface area contributed by atoms with E-state index in [1.54, 1.807) is 0 Å². The second-order valence-corrected chi connectivity index (χ2v) is 4.46. The van der Waals surface area contributed by atoms with Crippen LogP contribution in [0.5, 0.6) is 5.75 Å². The van der Waals surface area contributed by atoms with Gasteiger partial charge in [-0.15, -0.1) is 0 Å². The largest absolute Gasteiger partial charge is 0.494 e. The Bertz CT molecular complexity index is 327. The summed E-state index contributed by atoms with van der Waals surface area (Å²) < 4.78 is 5.39. The summed E-state index contributed by atoms with van der Waals surface area (Å²) in [5, 5.41) is 3.38. The molecule has 2 nitrogen and oxygen atoms in total. The zero-order valence-electron chi connectivity index (χ0n) is 11.1. The third-order valence-electron chi connectivity index (χ3n) is 2.32. The smallest absolute Gasteiger partial charge is 0.119 e. The summed E-state index contributed by atoms with van der Waals surface area (Å²) in [6.07, 6.45) is 4.28. The van der Waals surface area contributed by atoms with Crippen molar-refractivity contribution in [2.75, 3.05) is 19.7 Å². The van der Waals surface area contributed by atoms with E-state index in [1.165, 1.54) is 5.56 Å². The van der Waals surface area contributed by atoms with Gasteiger partial charge in [-0.2, -0.15) is 0 Å². The Kier molecular flexibility index (Phi) is 6.41. The standard InChI is InChI=1S/C15H23NO/c1-4-17-15-9-7-14(8-10-15)6-5-11-16-12-13(2)3/h5-10,13,16H,4,11-12H2,1-3H3. The fourth-order valence-corrected chi connectivity index (χ4v) is 1.49. The van der Waals surface area contributed by atoms with Gasteiger partial charge >= 0.3 is 0 Å². The minimum Gasteiger partial charge on any atom is -0.494 e. The summed E-state index contributed by atoms with van der Waals surface area (Å²) in [6, 6.07) is 8.16. The first-order chi connectivity index (χ1) is 8.22. The first kappa shape index (κ1) is 13.8. The fourth-order valence-electron chi connectivity index (χ4n) is 1.49. The van der Waals surface area contributed by atoms with Crippen LogP contribution < -0.4 is 10.1 Å². The monoisotopic (exact) mass is 233 g/mol. The van der Waals surface area contributed by atoms with Crippen molar-refractivity contribution in [2.24, 2.45) is 5.92 Å². The Morgan fingerprint density at radius 1 is 1.24 bits per heavy atom. The molecule has 2 heteroatoms. The van der Waals surface area contributed by atoms with Crippen LogP contribution in [0.2, 0.25) is 0 Å². The molecule has 0 atom stereocenters. The van der Waals surface area contributed by atoms with Crippen molar-refractivity contribution in [1.82, 2.24) is 5.32 Å². The molecule has 17 heavy (non-hydrogen) atoms. The summed E-state index contributed by atoms with van der Waals surface area (Å²) in [5.41, 5.74) is 1.21. The highest BCUT2D eigenvalue weighted by Crippen LogP contribution is 2.12. The number of hydrogen-bond donors (Lipinski definition) is 1. The van der Waals surface area contributed by atoms with Gasteiger partial charge in [0.25, 0.3) is 0 Å². The Hall–Kier alpha value is -1.28. The molecule has 0 spiro atoms. The van der Waals surface area contributed by atoms with Gasteiger partial charge in [-0.05, 0) is 37.1 Å². The van der Waals surface area contributed by atoms with Crippen LogP contribution in [-0.2, 0) is 0 Å². The number of rotatable bonds is 7. The molecule has 0 fully saturated rings. The molecule has 0 unspecified atom stereocenters. The number of hydrogen-bond acceptors (Lipinski definition) is 2. The Morgan fingerprint density at radius 2 is 1.94 bits per heavy atom. The SMILES string of the molecule is CCOc1ccc(C=CCNCC(C)C)cc1. The van der Waals surface area contributed by atoms with Gasteiger partial charge in [0.2, 0.25) is 0 Å². The zero-order chi connectivity index (χ0) is 12.5. The van der Waals surface area contributed by atoms with Crippen molar-refractivity contribution in [3.05, 3.63) is 35.9 Å². The lowest BCUT2D eigenvalue weighted by molar-refractivity contribution is 0.340. The maximum absolute atomic E-state index is 5.39. The third kappa shape index (κ3) is 6.12. The number of ether oxygens (including phenoxy) is 1.